The van der Waals surface area contributed by atoms with Gasteiger partial charge in [-0.1, -0.05) is 25.5 Å². The van der Waals surface area contributed by atoms with Crippen LogP contribution in [0.15, 0.2) is 11.6 Å². The van der Waals surface area contributed by atoms with E-state index < -0.39 is 0 Å². The molecule has 4 nitrogen and oxygen atoms in total. The van der Waals surface area contributed by atoms with E-state index in [1.165, 1.54) is 25.3 Å². The average Bonchev–Trinajstić information content (AvgIpc) is 2.91. The first kappa shape index (κ1) is 19.0. The summed E-state index contributed by atoms with van der Waals surface area (Å²) < 4.78 is 11.3. The third-order valence-electron chi connectivity index (χ3n) is 8.61. The Morgan fingerprint density at radius 1 is 0.963 bits per heavy atom. The number of ether oxygens (including phenoxy) is 2. The van der Waals surface area contributed by atoms with Gasteiger partial charge < -0.3 is 9.47 Å². The highest BCUT2D eigenvalue weighted by atomic mass is 16.5. The molecule has 0 aromatic rings. The fourth-order valence-corrected chi connectivity index (χ4v) is 7.31. The molecule has 4 rings (SSSR count). The van der Waals surface area contributed by atoms with Crippen molar-refractivity contribution in [2.75, 3.05) is 0 Å². The van der Waals surface area contributed by atoms with Gasteiger partial charge in [0, 0.05) is 25.7 Å². The number of allylic oxidation sites excluding steroid dienone is 1. The van der Waals surface area contributed by atoms with E-state index in [1.54, 1.807) is 6.92 Å². The molecule has 3 fully saturated rings. The number of hydrogen-bond donors (Lipinski definition) is 0. The maximum Gasteiger partial charge on any atom is 0.302 e. The molecule has 4 aliphatic carbocycles. The fraction of sp³-hybridized carbons (Fsp3) is 0.826. The van der Waals surface area contributed by atoms with Crippen molar-refractivity contribution < 1.29 is 19.1 Å². The first-order valence-electron chi connectivity index (χ1n) is 10.8. The molecule has 150 valence electrons. The lowest BCUT2D eigenvalue weighted by molar-refractivity contribution is -0.157. The van der Waals surface area contributed by atoms with Gasteiger partial charge in [-0.25, -0.2) is 0 Å². The van der Waals surface area contributed by atoms with E-state index in [-0.39, 0.29) is 35.0 Å². The predicted octanol–water partition coefficient (Wildman–Crippen LogP) is 4.81. The van der Waals surface area contributed by atoms with Crippen LogP contribution in [0, 0.1) is 28.6 Å². The van der Waals surface area contributed by atoms with Crippen LogP contribution in [-0.4, -0.2) is 24.1 Å². The van der Waals surface area contributed by atoms with Crippen molar-refractivity contribution in [3.8, 4) is 0 Å². The van der Waals surface area contributed by atoms with Gasteiger partial charge in [-0.05, 0) is 68.1 Å². The van der Waals surface area contributed by atoms with E-state index in [9.17, 15) is 9.59 Å². The van der Waals surface area contributed by atoms with Crippen molar-refractivity contribution in [3.63, 3.8) is 0 Å². The summed E-state index contributed by atoms with van der Waals surface area (Å²) in [5, 5.41) is 0. The lowest BCUT2D eigenvalue weighted by atomic mass is 9.48. The van der Waals surface area contributed by atoms with Crippen molar-refractivity contribution in [2.24, 2.45) is 28.6 Å². The summed E-state index contributed by atoms with van der Waals surface area (Å²) in [6, 6.07) is 0. The molecule has 27 heavy (non-hydrogen) atoms. The number of carbonyl (C=O) groups is 2. The van der Waals surface area contributed by atoms with Crippen molar-refractivity contribution in [1.82, 2.24) is 0 Å². The maximum absolute atomic E-state index is 11.6. The van der Waals surface area contributed by atoms with Crippen LogP contribution in [0.1, 0.15) is 79.1 Å². The van der Waals surface area contributed by atoms with Crippen LogP contribution < -0.4 is 0 Å². The molecule has 0 aromatic heterocycles. The quantitative estimate of drug-likeness (QED) is 0.514. The summed E-state index contributed by atoms with van der Waals surface area (Å²) in [4.78, 5) is 22.9. The van der Waals surface area contributed by atoms with E-state index in [1.807, 2.05) is 0 Å². The molecule has 0 bridgehead atoms. The summed E-state index contributed by atoms with van der Waals surface area (Å²) >= 11 is 0. The molecule has 0 unspecified atom stereocenters. The lowest BCUT2D eigenvalue weighted by Crippen LogP contribution is -2.51. The number of fused-ring (bicyclic) bond motifs is 5. The van der Waals surface area contributed by atoms with Crippen LogP contribution in [0.2, 0.25) is 0 Å². The van der Waals surface area contributed by atoms with Gasteiger partial charge in [0.2, 0.25) is 0 Å². The van der Waals surface area contributed by atoms with Gasteiger partial charge in [0.1, 0.15) is 12.2 Å². The molecule has 4 heteroatoms. The van der Waals surface area contributed by atoms with Crippen molar-refractivity contribution in [3.05, 3.63) is 11.6 Å². The van der Waals surface area contributed by atoms with Crippen LogP contribution in [0.4, 0.5) is 0 Å². The second kappa shape index (κ2) is 6.63. The molecule has 4 aliphatic rings. The van der Waals surface area contributed by atoms with Gasteiger partial charge in [0.05, 0.1) is 0 Å². The number of hydrogen-bond acceptors (Lipinski definition) is 4. The van der Waals surface area contributed by atoms with E-state index in [2.05, 4.69) is 19.9 Å². The lowest BCUT2D eigenvalue weighted by Gasteiger charge is -2.57. The van der Waals surface area contributed by atoms with Crippen molar-refractivity contribution in [2.45, 2.75) is 91.3 Å². The van der Waals surface area contributed by atoms with E-state index in [0.29, 0.717) is 17.8 Å². The highest BCUT2D eigenvalue weighted by Crippen LogP contribution is 2.65. The largest absolute Gasteiger partial charge is 0.462 e. The molecule has 0 radical (unpaired) electrons. The van der Waals surface area contributed by atoms with Gasteiger partial charge in [-0.2, -0.15) is 0 Å². The Kier molecular flexibility index (Phi) is 4.67. The van der Waals surface area contributed by atoms with Gasteiger partial charge in [-0.15, -0.1) is 0 Å². The first-order valence-corrected chi connectivity index (χ1v) is 10.8. The molecular weight excluding hydrogens is 340 g/mol. The zero-order chi connectivity index (χ0) is 19.4. The Balaban J connectivity index is 1.55. The first-order chi connectivity index (χ1) is 12.7. The number of carbonyl (C=O) groups excluding carboxylic acids is 2. The topological polar surface area (TPSA) is 52.6 Å². The summed E-state index contributed by atoms with van der Waals surface area (Å²) in [6.45, 7) is 7.88. The summed E-state index contributed by atoms with van der Waals surface area (Å²) in [5.41, 5.74) is 1.92. The molecule has 0 saturated heterocycles. The minimum absolute atomic E-state index is 0.0621. The maximum atomic E-state index is 11.6. The Labute approximate surface area is 163 Å². The summed E-state index contributed by atoms with van der Waals surface area (Å²) in [6.07, 6.45) is 11.4. The van der Waals surface area contributed by atoms with Gasteiger partial charge >= 0.3 is 11.9 Å². The van der Waals surface area contributed by atoms with Crippen LogP contribution in [0.5, 0.6) is 0 Å². The standard InChI is InChI=1S/C23H34O4/c1-14(24)26-17-9-11-22(3)16(13-17)5-6-18-19-7-8-21(27-15(2)25)23(19,4)12-10-20(18)22/h5,17-21H,6-13H2,1-4H3/t17-,18+,19-,20-,21+,22-,23-/m1/s1. The van der Waals surface area contributed by atoms with Crippen LogP contribution in [0.25, 0.3) is 0 Å². The molecule has 0 aliphatic heterocycles. The Hall–Kier alpha value is -1.32. The second-order valence-corrected chi connectivity index (χ2v) is 9.95. The van der Waals surface area contributed by atoms with Crippen molar-refractivity contribution in [1.29, 1.82) is 0 Å². The van der Waals surface area contributed by atoms with Crippen LogP contribution in [-0.2, 0) is 19.1 Å². The molecule has 0 N–H and O–H groups in total. The Morgan fingerprint density at radius 3 is 2.41 bits per heavy atom. The molecule has 0 aromatic carbocycles. The number of rotatable bonds is 2. The smallest absolute Gasteiger partial charge is 0.302 e. The third-order valence-corrected chi connectivity index (χ3v) is 8.61. The zero-order valence-electron chi connectivity index (χ0n) is 17.3. The zero-order valence-corrected chi connectivity index (χ0v) is 17.3. The van der Waals surface area contributed by atoms with Crippen molar-refractivity contribution >= 4 is 11.9 Å². The van der Waals surface area contributed by atoms with Crippen LogP contribution in [0.3, 0.4) is 0 Å². The van der Waals surface area contributed by atoms with E-state index in [0.717, 1.165) is 38.5 Å². The predicted molar refractivity (Wildman–Crippen MR) is 103 cm³/mol. The van der Waals surface area contributed by atoms with E-state index >= 15 is 0 Å². The summed E-state index contributed by atoms with van der Waals surface area (Å²) in [7, 11) is 0. The molecule has 7 atom stereocenters. The highest BCUT2D eigenvalue weighted by molar-refractivity contribution is 5.66. The SMILES string of the molecule is CC(=O)O[C@@H]1CC[C@]2(C)C(=CC[C@H]3[C@H]4CC[C@H](OC(C)=O)[C@]4(C)CC[C@H]32)C1. The molecule has 0 heterocycles. The summed E-state index contributed by atoms with van der Waals surface area (Å²) in [5.74, 6) is 1.77. The fourth-order valence-electron chi connectivity index (χ4n) is 7.31. The molecule has 3 saturated carbocycles. The van der Waals surface area contributed by atoms with Gasteiger partial charge in [0.15, 0.2) is 0 Å². The third kappa shape index (κ3) is 3.03. The average molecular weight is 375 g/mol. The number of esters is 2. The normalized spacial score (nSPS) is 45.8. The Bertz CT molecular complexity index is 667. The molecule has 0 spiro atoms. The molecule has 0 amide bonds. The molecular formula is C23H34O4. The van der Waals surface area contributed by atoms with E-state index in [4.69, 9.17) is 9.47 Å². The van der Waals surface area contributed by atoms with Gasteiger partial charge in [0.25, 0.3) is 0 Å². The Morgan fingerprint density at radius 2 is 1.70 bits per heavy atom. The van der Waals surface area contributed by atoms with Gasteiger partial charge in [-0.3, -0.25) is 9.59 Å². The van der Waals surface area contributed by atoms with Crippen LogP contribution >= 0.6 is 0 Å². The minimum Gasteiger partial charge on any atom is -0.462 e. The monoisotopic (exact) mass is 374 g/mol. The highest BCUT2D eigenvalue weighted by Gasteiger charge is 2.59. The minimum atomic E-state index is -0.159. The second-order valence-electron chi connectivity index (χ2n) is 9.95.